The van der Waals surface area contributed by atoms with Gasteiger partial charge in [-0.25, -0.2) is 0 Å². The van der Waals surface area contributed by atoms with Gasteiger partial charge in [0.2, 0.25) is 5.91 Å². The molecule has 3 nitrogen and oxygen atoms in total. The molecule has 14 heavy (non-hydrogen) atoms. The van der Waals surface area contributed by atoms with Gasteiger partial charge in [-0.05, 0) is 12.1 Å². The summed E-state index contributed by atoms with van der Waals surface area (Å²) in [5, 5.41) is 2.38. The lowest BCUT2D eigenvalue weighted by atomic mass is 10.3. The van der Waals surface area contributed by atoms with E-state index >= 15 is 0 Å². The number of alkyl halides is 1. The summed E-state index contributed by atoms with van der Waals surface area (Å²) in [5.74, 6) is -0.665. The Labute approximate surface area is 95.0 Å². The summed E-state index contributed by atoms with van der Waals surface area (Å²) >= 11 is 12.1. The fourth-order valence-corrected chi connectivity index (χ4v) is 1.85. The van der Waals surface area contributed by atoms with Crippen LogP contribution in [0.15, 0.2) is 12.1 Å². The van der Waals surface area contributed by atoms with E-state index in [-0.39, 0.29) is 24.1 Å². The number of ketones is 1. The van der Waals surface area contributed by atoms with Crippen LogP contribution in [0.3, 0.4) is 0 Å². The molecule has 0 aliphatic heterocycles. The normalized spacial score (nSPS) is 9.86. The van der Waals surface area contributed by atoms with Gasteiger partial charge < -0.3 is 5.32 Å². The molecule has 1 amide bonds. The Hall–Kier alpha value is -0.580. The molecule has 1 rings (SSSR count). The molecular weight excluding hydrogens is 245 g/mol. The van der Waals surface area contributed by atoms with Gasteiger partial charge in [-0.3, -0.25) is 9.59 Å². The molecule has 0 bridgehead atoms. The predicted molar refractivity (Wildman–Crippen MR) is 57.4 cm³/mol. The number of amides is 1. The third-order valence-electron chi connectivity index (χ3n) is 1.42. The molecule has 0 saturated heterocycles. The number of carbonyl (C=O) groups is 2. The second-order valence-corrected chi connectivity index (χ2v) is 4.42. The Bertz CT molecular complexity index is 351. The van der Waals surface area contributed by atoms with E-state index in [1.165, 1.54) is 11.3 Å². The molecular formula is C8H7Cl2NO2S. The van der Waals surface area contributed by atoms with Crippen LogP contribution in [0.5, 0.6) is 0 Å². The summed E-state index contributed by atoms with van der Waals surface area (Å²) in [6.07, 6.45) is 0. The highest BCUT2D eigenvalue weighted by molar-refractivity contribution is 7.18. The van der Waals surface area contributed by atoms with Crippen LogP contribution in [-0.4, -0.2) is 24.1 Å². The molecule has 0 fully saturated rings. The third kappa shape index (κ3) is 3.29. The van der Waals surface area contributed by atoms with E-state index in [1.54, 1.807) is 12.1 Å². The van der Waals surface area contributed by atoms with Crippen molar-refractivity contribution >= 4 is 46.2 Å². The molecule has 1 N–H and O–H groups in total. The second-order valence-electron chi connectivity index (χ2n) is 2.44. The monoisotopic (exact) mass is 251 g/mol. The fraction of sp³-hybridized carbons (Fsp3) is 0.250. The largest absolute Gasteiger partial charge is 0.348 e. The summed E-state index contributed by atoms with van der Waals surface area (Å²) in [4.78, 5) is 22.6. The van der Waals surface area contributed by atoms with Gasteiger partial charge in [0.05, 0.1) is 15.8 Å². The van der Waals surface area contributed by atoms with Gasteiger partial charge in [-0.1, -0.05) is 11.6 Å². The topological polar surface area (TPSA) is 46.2 Å². The Balaban J connectivity index is 2.47. The van der Waals surface area contributed by atoms with Crippen LogP contribution in [0.2, 0.25) is 4.34 Å². The van der Waals surface area contributed by atoms with Crippen molar-refractivity contribution in [3.63, 3.8) is 0 Å². The molecule has 0 aliphatic carbocycles. The van der Waals surface area contributed by atoms with Crippen LogP contribution in [0.25, 0.3) is 0 Å². The van der Waals surface area contributed by atoms with E-state index in [1.807, 2.05) is 0 Å². The number of nitrogens with one attached hydrogen (secondary N) is 1. The molecule has 0 unspecified atom stereocenters. The van der Waals surface area contributed by atoms with Gasteiger partial charge in [0.1, 0.15) is 5.88 Å². The highest BCUT2D eigenvalue weighted by Gasteiger charge is 2.09. The molecule has 1 aromatic heterocycles. The SMILES string of the molecule is O=C(CCl)NCC(=O)c1ccc(Cl)s1. The first-order chi connectivity index (χ1) is 6.63. The van der Waals surface area contributed by atoms with Crippen molar-refractivity contribution in [2.45, 2.75) is 0 Å². The Morgan fingerprint density at radius 1 is 1.43 bits per heavy atom. The molecule has 0 spiro atoms. The standard InChI is InChI=1S/C8H7Cl2NO2S/c9-3-8(13)11-4-5(12)6-1-2-7(10)14-6/h1-2H,3-4H2,(H,11,13). The van der Waals surface area contributed by atoms with Crippen LogP contribution in [0, 0.1) is 0 Å². The second kappa shape index (κ2) is 5.34. The van der Waals surface area contributed by atoms with E-state index in [4.69, 9.17) is 23.2 Å². The van der Waals surface area contributed by atoms with Crippen LogP contribution < -0.4 is 5.32 Å². The zero-order chi connectivity index (χ0) is 10.6. The Morgan fingerprint density at radius 2 is 2.14 bits per heavy atom. The van der Waals surface area contributed by atoms with Crippen molar-refractivity contribution in [2.75, 3.05) is 12.4 Å². The maximum absolute atomic E-state index is 11.4. The summed E-state index contributed by atoms with van der Waals surface area (Å²) < 4.78 is 0.553. The average molecular weight is 252 g/mol. The molecule has 6 heteroatoms. The third-order valence-corrected chi connectivity index (χ3v) is 2.93. The minimum atomic E-state index is -0.359. The molecule has 0 atom stereocenters. The van der Waals surface area contributed by atoms with Gasteiger partial charge in [0.25, 0.3) is 0 Å². The van der Waals surface area contributed by atoms with E-state index in [0.29, 0.717) is 9.21 Å². The first-order valence-corrected chi connectivity index (χ1v) is 5.47. The molecule has 0 aliphatic rings. The highest BCUT2D eigenvalue weighted by atomic mass is 35.5. The van der Waals surface area contributed by atoms with Crippen LogP contribution in [0.1, 0.15) is 9.67 Å². The molecule has 76 valence electrons. The zero-order valence-corrected chi connectivity index (χ0v) is 9.38. The van der Waals surface area contributed by atoms with Crippen molar-refractivity contribution in [1.82, 2.24) is 5.32 Å². The first-order valence-electron chi connectivity index (χ1n) is 3.74. The predicted octanol–water partition coefficient (Wildman–Crippen LogP) is 1.94. The lowest BCUT2D eigenvalue weighted by Crippen LogP contribution is -2.29. The Kier molecular flexibility index (Phi) is 4.38. The average Bonchev–Trinajstić information content (AvgIpc) is 2.60. The van der Waals surface area contributed by atoms with E-state index in [0.717, 1.165) is 0 Å². The number of rotatable bonds is 4. The maximum atomic E-state index is 11.4. The van der Waals surface area contributed by atoms with Crippen molar-refractivity contribution in [1.29, 1.82) is 0 Å². The van der Waals surface area contributed by atoms with Crippen molar-refractivity contribution in [2.24, 2.45) is 0 Å². The molecule has 0 radical (unpaired) electrons. The number of Topliss-reactive ketones (excluding diaryl/α,β-unsaturated/α-hetero) is 1. The minimum Gasteiger partial charge on any atom is -0.348 e. The van der Waals surface area contributed by atoms with Gasteiger partial charge in [-0.2, -0.15) is 0 Å². The van der Waals surface area contributed by atoms with Gasteiger partial charge in [0, 0.05) is 0 Å². The van der Waals surface area contributed by atoms with E-state index < -0.39 is 0 Å². The number of carbonyl (C=O) groups excluding carboxylic acids is 2. The highest BCUT2D eigenvalue weighted by Crippen LogP contribution is 2.21. The minimum absolute atomic E-state index is 0.0393. The van der Waals surface area contributed by atoms with Crippen molar-refractivity contribution in [3.05, 3.63) is 21.3 Å². The lowest BCUT2D eigenvalue weighted by Gasteiger charge is -1.99. The molecule has 0 saturated carbocycles. The van der Waals surface area contributed by atoms with Gasteiger partial charge >= 0.3 is 0 Å². The Morgan fingerprint density at radius 3 is 2.64 bits per heavy atom. The lowest BCUT2D eigenvalue weighted by molar-refractivity contribution is -0.118. The van der Waals surface area contributed by atoms with Crippen LogP contribution in [0.4, 0.5) is 0 Å². The van der Waals surface area contributed by atoms with Gasteiger partial charge in [0.15, 0.2) is 5.78 Å². The quantitative estimate of drug-likeness (QED) is 0.657. The van der Waals surface area contributed by atoms with Crippen LogP contribution in [-0.2, 0) is 4.79 Å². The smallest absolute Gasteiger partial charge is 0.235 e. The van der Waals surface area contributed by atoms with E-state index in [9.17, 15) is 9.59 Å². The number of hydrogen-bond acceptors (Lipinski definition) is 3. The summed E-state index contributed by atoms with van der Waals surface area (Å²) in [5.41, 5.74) is 0. The fourth-order valence-electron chi connectivity index (χ4n) is 0.777. The molecule has 1 aromatic rings. The summed E-state index contributed by atoms with van der Waals surface area (Å²) in [6.45, 7) is -0.0393. The van der Waals surface area contributed by atoms with Gasteiger partial charge in [-0.15, -0.1) is 22.9 Å². The van der Waals surface area contributed by atoms with Crippen molar-refractivity contribution in [3.8, 4) is 0 Å². The summed E-state index contributed by atoms with van der Waals surface area (Å²) in [7, 11) is 0. The van der Waals surface area contributed by atoms with E-state index in [2.05, 4.69) is 5.32 Å². The number of hydrogen-bond donors (Lipinski definition) is 1. The first kappa shape index (κ1) is 11.5. The zero-order valence-electron chi connectivity index (χ0n) is 7.05. The van der Waals surface area contributed by atoms with Crippen molar-refractivity contribution < 1.29 is 9.59 Å². The number of halogens is 2. The molecule has 1 heterocycles. The maximum Gasteiger partial charge on any atom is 0.235 e. The molecule has 0 aromatic carbocycles. The number of thiophene rings is 1. The van der Waals surface area contributed by atoms with Crippen LogP contribution >= 0.6 is 34.5 Å². The summed E-state index contributed by atoms with van der Waals surface area (Å²) in [6, 6.07) is 3.27.